The third-order valence-electron chi connectivity index (χ3n) is 2.03. The maximum atomic E-state index is 6.11. The van der Waals surface area contributed by atoms with Crippen molar-refractivity contribution in [2.75, 3.05) is 0 Å². The lowest BCUT2D eigenvalue weighted by Crippen LogP contribution is -2.07. The van der Waals surface area contributed by atoms with Crippen LogP contribution in [0.3, 0.4) is 0 Å². The van der Waals surface area contributed by atoms with Gasteiger partial charge in [0, 0.05) is 9.75 Å². The molecule has 74 valence electrons. The highest BCUT2D eigenvalue weighted by atomic mass is 35.5. The van der Waals surface area contributed by atoms with Gasteiger partial charge in [-0.2, -0.15) is 0 Å². The van der Waals surface area contributed by atoms with Crippen LogP contribution in [0.15, 0.2) is 23.6 Å². The summed E-state index contributed by atoms with van der Waals surface area (Å²) in [5, 5.41) is 2.04. The van der Waals surface area contributed by atoms with E-state index in [1.54, 1.807) is 22.7 Å². The van der Waals surface area contributed by atoms with Crippen LogP contribution in [-0.2, 0) is 0 Å². The third-order valence-corrected chi connectivity index (χ3v) is 4.63. The molecule has 14 heavy (non-hydrogen) atoms. The monoisotopic (exact) mass is 243 g/mol. The van der Waals surface area contributed by atoms with Crippen LogP contribution in [0.25, 0.3) is 0 Å². The molecule has 0 spiro atoms. The van der Waals surface area contributed by atoms with Crippen LogP contribution in [0.4, 0.5) is 0 Å². The molecule has 2 aromatic rings. The number of aryl methyl sites for hydroxylation is 1. The molecular formula is C10H10ClNS2. The minimum Gasteiger partial charge on any atom is -0.319 e. The van der Waals surface area contributed by atoms with E-state index >= 15 is 0 Å². The van der Waals surface area contributed by atoms with Crippen molar-refractivity contribution in [2.24, 2.45) is 5.73 Å². The molecule has 1 atom stereocenters. The molecule has 0 bridgehead atoms. The van der Waals surface area contributed by atoms with Crippen LogP contribution in [0.5, 0.6) is 0 Å². The minimum absolute atomic E-state index is 0.0220. The Morgan fingerprint density at radius 3 is 2.71 bits per heavy atom. The predicted molar refractivity (Wildman–Crippen MR) is 64.4 cm³/mol. The van der Waals surface area contributed by atoms with Gasteiger partial charge in [-0.25, -0.2) is 0 Å². The first-order valence-electron chi connectivity index (χ1n) is 4.23. The van der Waals surface area contributed by atoms with Gasteiger partial charge in [-0.15, -0.1) is 22.7 Å². The number of halogens is 1. The summed E-state index contributed by atoms with van der Waals surface area (Å²) in [7, 11) is 0. The molecule has 0 saturated carbocycles. The molecule has 0 saturated heterocycles. The van der Waals surface area contributed by atoms with Crippen molar-refractivity contribution in [3.05, 3.63) is 43.2 Å². The summed E-state index contributed by atoms with van der Waals surface area (Å²) in [5.41, 5.74) is 7.22. The zero-order valence-corrected chi connectivity index (χ0v) is 10.0. The Labute approximate surface area is 96.1 Å². The van der Waals surface area contributed by atoms with E-state index in [1.807, 2.05) is 18.4 Å². The van der Waals surface area contributed by atoms with Gasteiger partial charge in [0.05, 0.1) is 10.4 Å². The van der Waals surface area contributed by atoms with E-state index in [9.17, 15) is 0 Å². The van der Waals surface area contributed by atoms with E-state index < -0.39 is 0 Å². The fraction of sp³-hybridized carbons (Fsp3) is 0.200. The van der Waals surface area contributed by atoms with E-state index in [0.717, 1.165) is 14.8 Å². The molecule has 0 aliphatic rings. The number of hydrogen-bond donors (Lipinski definition) is 1. The fourth-order valence-corrected chi connectivity index (χ4v) is 3.30. The van der Waals surface area contributed by atoms with Crippen LogP contribution >= 0.6 is 34.3 Å². The first kappa shape index (κ1) is 10.2. The Balaban J connectivity index is 2.32. The second kappa shape index (κ2) is 4.03. The zero-order chi connectivity index (χ0) is 10.1. The molecule has 0 aliphatic carbocycles. The van der Waals surface area contributed by atoms with Crippen molar-refractivity contribution >= 4 is 34.3 Å². The lowest BCUT2D eigenvalue weighted by atomic mass is 10.2. The average Bonchev–Trinajstić information content (AvgIpc) is 2.76. The van der Waals surface area contributed by atoms with Crippen molar-refractivity contribution in [1.29, 1.82) is 0 Å². The molecule has 2 rings (SSSR count). The summed E-state index contributed by atoms with van der Waals surface area (Å²) >= 11 is 9.25. The van der Waals surface area contributed by atoms with Crippen molar-refractivity contribution < 1.29 is 0 Å². The summed E-state index contributed by atoms with van der Waals surface area (Å²) < 4.78 is 0.840. The SMILES string of the molecule is Cc1cc(C(N)c2cccs2)sc1Cl. The highest BCUT2D eigenvalue weighted by molar-refractivity contribution is 7.16. The van der Waals surface area contributed by atoms with Crippen LogP contribution in [0.2, 0.25) is 4.34 Å². The van der Waals surface area contributed by atoms with Gasteiger partial charge >= 0.3 is 0 Å². The largest absolute Gasteiger partial charge is 0.319 e. The Morgan fingerprint density at radius 2 is 2.21 bits per heavy atom. The molecule has 2 aromatic heterocycles. The van der Waals surface area contributed by atoms with Gasteiger partial charge in [0.15, 0.2) is 0 Å². The standard InChI is InChI=1S/C10H10ClNS2/c1-6-5-8(14-10(6)11)9(12)7-3-2-4-13-7/h2-5,9H,12H2,1H3. The maximum absolute atomic E-state index is 6.11. The molecule has 0 aromatic carbocycles. The molecular weight excluding hydrogens is 234 g/mol. The Hall–Kier alpha value is -0.350. The van der Waals surface area contributed by atoms with Crippen LogP contribution in [-0.4, -0.2) is 0 Å². The molecule has 1 nitrogen and oxygen atoms in total. The summed E-state index contributed by atoms with van der Waals surface area (Å²) in [5.74, 6) is 0. The second-order valence-electron chi connectivity index (χ2n) is 3.10. The van der Waals surface area contributed by atoms with Gasteiger partial charge < -0.3 is 5.73 Å². The maximum Gasteiger partial charge on any atom is 0.0961 e. The van der Waals surface area contributed by atoms with Gasteiger partial charge in [-0.3, -0.25) is 0 Å². The van der Waals surface area contributed by atoms with E-state index in [4.69, 9.17) is 17.3 Å². The number of thiophene rings is 2. The predicted octanol–water partition coefficient (Wildman–Crippen LogP) is 3.82. The van der Waals surface area contributed by atoms with Gasteiger partial charge in [0.1, 0.15) is 0 Å². The van der Waals surface area contributed by atoms with E-state index in [0.29, 0.717) is 0 Å². The molecule has 2 N–H and O–H groups in total. The molecule has 0 amide bonds. The average molecular weight is 244 g/mol. The molecule has 0 radical (unpaired) electrons. The van der Waals surface area contributed by atoms with Gasteiger partial charge in [0.2, 0.25) is 0 Å². The third kappa shape index (κ3) is 1.86. The number of nitrogens with two attached hydrogens (primary N) is 1. The quantitative estimate of drug-likeness (QED) is 0.853. The van der Waals surface area contributed by atoms with Crippen LogP contribution in [0, 0.1) is 6.92 Å². The van der Waals surface area contributed by atoms with Gasteiger partial charge in [-0.05, 0) is 30.0 Å². The van der Waals surface area contributed by atoms with Crippen molar-refractivity contribution in [3.8, 4) is 0 Å². The lowest BCUT2D eigenvalue weighted by molar-refractivity contribution is 0.916. The van der Waals surface area contributed by atoms with Crippen LogP contribution < -0.4 is 5.73 Å². The molecule has 2 heterocycles. The number of rotatable bonds is 2. The van der Waals surface area contributed by atoms with Crippen LogP contribution in [0.1, 0.15) is 21.4 Å². The summed E-state index contributed by atoms with van der Waals surface area (Å²) in [6.45, 7) is 2.00. The molecule has 4 heteroatoms. The Morgan fingerprint density at radius 1 is 1.43 bits per heavy atom. The minimum atomic E-state index is -0.0220. The topological polar surface area (TPSA) is 26.0 Å². The normalized spacial score (nSPS) is 13.1. The highest BCUT2D eigenvalue weighted by Gasteiger charge is 2.13. The highest BCUT2D eigenvalue weighted by Crippen LogP contribution is 2.33. The van der Waals surface area contributed by atoms with Crippen molar-refractivity contribution in [2.45, 2.75) is 13.0 Å². The fourth-order valence-electron chi connectivity index (χ4n) is 1.25. The van der Waals surface area contributed by atoms with Crippen molar-refractivity contribution in [3.63, 3.8) is 0 Å². The van der Waals surface area contributed by atoms with E-state index in [-0.39, 0.29) is 6.04 Å². The molecule has 0 fully saturated rings. The Kier molecular flexibility index (Phi) is 2.93. The zero-order valence-electron chi connectivity index (χ0n) is 7.66. The lowest BCUT2D eigenvalue weighted by Gasteiger charge is -2.05. The first-order chi connectivity index (χ1) is 6.68. The van der Waals surface area contributed by atoms with E-state index in [2.05, 4.69) is 12.1 Å². The summed E-state index contributed by atoms with van der Waals surface area (Å²) in [6, 6.07) is 6.11. The Bertz CT molecular complexity index is 400. The van der Waals surface area contributed by atoms with Crippen molar-refractivity contribution in [1.82, 2.24) is 0 Å². The summed E-state index contributed by atoms with van der Waals surface area (Å²) in [4.78, 5) is 2.32. The summed E-state index contributed by atoms with van der Waals surface area (Å²) in [6.07, 6.45) is 0. The number of hydrogen-bond acceptors (Lipinski definition) is 3. The smallest absolute Gasteiger partial charge is 0.0961 e. The van der Waals surface area contributed by atoms with Gasteiger partial charge in [0.25, 0.3) is 0 Å². The molecule has 0 aliphatic heterocycles. The second-order valence-corrected chi connectivity index (χ2v) is 5.76. The first-order valence-corrected chi connectivity index (χ1v) is 6.30. The van der Waals surface area contributed by atoms with E-state index in [1.165, 1.54) is 4.88 Å². The van der Waals surface area contributed by atoms with Gasteiger partial charge in [-0.1, -0.05) is 17.7 Å². The molecule has 1 unspecified atom stereocenters.